The third-order valence-corrected chi connectivity index (χ3v) is 5.06. The number of likely N-dealkylation sites (tertiary alicyclic amines) is 1. The number of hydrogen-bond acceptors (Lipinski definition) is 5. The molecule has 136 valence electrons. The van der Waals surface area contributed by atoms with Gasteiger partial charge in [-0.25, -0.2) is 14.1 Å². The van der Waals surface area contributed by atoms with Crippen molar-refractivity contribution in [3.05, 3.63) is 48.9 Å². The Morgan fingerprint density at radius 1 is 1.19 bits per heavy atom. The molecule has 7 nitrogen and oxygen atoms in total. The van der Waals surface area contributed by atoms with Crippen LogP contribution in [0.4, 0.5) is 4.39 Å². The molecule has 0 radical (unpaired) electrons. The zero-order chi connectivity index (χ0) is 17.9. The molecule has 1 atom stereocenters. The molecule has 0 N–H and O–H groups in total. The highest BCUT2D eigenvalue weighted by atomic mass is 19.1. The summed E-state index contributed by atoms with van der Waals surface area (Å²) >= 11 is 0. The van der Waals surface area contributed by atoms with Crippen LogP contribution in [0.5, 0.6) is 0 Å². The zero-order valence-electron chi connectivity index (χ0n) is 14.7. The second kappa shape index (κ2) is 7.33. The molecule has 8 heteroatoms. The Labute approximate surface area is 151 Å². The molecule has 2 aromatic heterocycles. The summed E-state index contributed by atoms with van der Waals surface area (Å²) in [5.41, 5.74) is 1.67. The summed E-state index contributed by atoms with van der Waals surface area (Å²) in [5, 5.41) is 12.7. The fraction of sp³-hybridized carbons (Fsp3) is 0.444. The topological polar surface area (TPSA) is 64.7 Å². The quantitative estimate of drug-likeness (QED) is 0.703. The Morgan fingerprint density at radius 2 is 1.96 bits per heavy atom. The van der Waals surface area contributed by atoms with Crippen LogP contribution >= 0.6 is 0 Å². The standard InChI is InChI=1S/C18H22FN7/c1-14(10-25-13-20-12-21-25)24-8-6-17(7-9-24)26-11-18(22-23-26)15-2-4-16(19)5-3-15/h2-5,11-14,17H,6-10H2,1H3/t14-/m0/s1. The van der Waals surface area contributed by atoms with Gasteiger partial charge < -0.3 is 0 Å². The van der Waals surface area contributed by atoms with E-state index >= 15 is 0 Å². The molecule has 0 unspecified atom stereocenters. The molecule has 1 aliphatic heterocycles. The molecule has 0 amide bonds. The average Bonchev–Trinajstić information content (AvgIpc) is 3.34. The third-order valence-electron chi connectivity index (χ3n) is 5.06. The first kappa shape index (κ1) is 16.8. The van der Waals surface area contributed by atoms with Crippen LogP contribution < -0.4 is 0 Å². The van der Waals surface area contributed by atoms with Crippen LogP contribution in [0.2, 0.25) is 0 Å². The van der Waals surface area contributed by atoms with Crippen molar-refractivity contribution < 1.29 is 4.39 Å². The maximum atomic E-state index is 13.1. The second-order valence-corrected chi connectivity index (χ2v) is 6.82. The number of rotatable bonds is 5. The normalized spacial score (nSPS) is 17.5. The number of benzene rings is 1. The highest BCUT2D eigenvalue weighted by molar-refractivity contribution is 5.57. The molecule has 0 spiro atoms. The van der Waals surface area contributed by atoms with Crippen molar-refractivity contribution in [1.29, 1.82) is 0 Å². The van der Waals surface area contributed by atoms with Crippen LogP contribution in [-0.4, -0.2) is 53.8 Å². The molecule has 4 rings (SSSR count). The Kier molecular flexibility index (Phi) is 4.75. The molecular formula is C18H22FN7. The zero-order valence-corrected chi connectivity index (χ0v) is 14.7. The molecule has 1 aromatic carbocycles. The number of piperidine rings is 1. The number of halogens is 1. The highest BCUT2D eigenvalue weighted by Crippen LogP contribution is 2.25. The molecule has 1 fully saturated rings. The van der Waals surface area contributed by atoms with Gasteiger partial charge in [0.05, 0.1) is 18.8 Å². The summed E-state index contributed by atoms with van der Waals surface area (Å²) in [6.07, 6.45) is 7.37. The lowest BCUT2D eigenvalue weighted by Gasteiger charge is -2.35. The van der Waals surface area contributed by atoms with Crippen LogP contribution in [0.3, 0.4) is 0 Å². The van der Waals surface area contributed by atoms with Crippen LogP contribution in [-0.2, 0) is 6.54 Å². The third kappa shape index (κ3) is 3.65. The summed E-state index contributed by atoms with van der Waals surface area (Å²) in [5.74, 6) is -0.242. The lowest BCUT2D eigenvalue weighted by Crippen LogP contribution is -2.42. The Balaban J connectivity index is 1.35. The van der Waals surface area contributed by atoms with Crippen molar-refractivity contribution >= 4 is 0 Å². The Morgan fingerprint density at radius 3 is 2.65 bits per heavy atom. The molecule has 1 aliphatic rings. The van der Waals surface area contributed by atoms with E-state index in [9.17, 15) is 4.39 Å². The van der Waals surface area contributed by atoms with Crippen molar-refractivity contribution in [1.82, 2.24) is 34.7 Å². The van der Waals surface area contributed by atoms with Crippen LogP contribution in [0.25, 0.3) is 11.3 Å². The van der Waals surface area contributed by atoms with E-state index in [1.807, 2.05) is 15.6 Å². The number of aromatic nitrogens is 6. The van der Waals surface area contributed by atoms with E-state index in [4.69, 9.17) is 0 Å². The Bertz CT molecular complexity index is 820. The minimum Gasteiger partial charge on any atom is -0.299 e. The molecule has 3 aromatic rings. The maximum Gasteiger partial charge on any atom is 0.137 e. The molecular weight excluding hydrogens is 333 g/mol. The van der Waals surface area contributed by atoms with Gasteiger partial charge in [0.15, 0.2) is 0 Å². The first-order valence-corrected chi connectivity index (χ1v) is 8.93. The maximum absolute atomic E-state index is 13.1. The van der Waals surface area contributed by atoms with Gasteiger partial charge >= 0.3 is 0 Å². The van der Waals surface area contributed by atoms with Gasteiger partial charge in [-0.2, -0.15) is 5.10 Å². The van der Waals surface area contributed by atoms with Gasteiger partial charge in [0.25, 0.3) is 0 Å². The highest BCUT2D eigenvalue weighted by Gasteiger charge is 2.25. The van der Waals surface area contributed by atoms with Crippen molar-refractivity contribution in [2.45, 2.75) is 38.4 Å². The lowest BCUT2D eigenvalue weighted by atomic mass is 10.0. The van der Waals surface area contributed by atoms with Crippen molar-refractivity contribution in [2.75, 3.05) is 13.1 Å². The fourth-order valence-corrected chi connectivity index (χ4v) is 3.51. The molecule has 3 heterocycles. The minimum atomic E-state index is -0.242. The van der Waals surface area contributed by atoms with E-state index < -0.39 is 0 Å². The first-order chi connectivity index (χ1) is 12.7. The van der Waals surface area contributed by atoms with E-state index in [-0.39, 0.29) is 5.82 Å². The van der Waals surface area contributed by atoms with Gasteiger partial charge in [0.2, 0.25) is 0 Å². The van der Waals surface area contributed by atoms with Crippen LogP contribution in [0.15, 0.2) is 43.1 Å². The predicted octanol–water partition coefficient (Wildman–Crippen LogP) is 2.40. The first-order valence-electron chi connectivity index (χ1n) is 8.93. The average molecular weight is 355 g/mol. The molecule has 26 heavy (non-hydrogen) atoms. The fourth-order valence-electron chi connectivity index (χ4n) is 3.51. The van der Waals surface area contributed by atoms with E-state index in [0.717, 1.165) is 43.7 Å². The predicted molar refractivity (Wildman–Crippen MR) is 94.7 cm³/mol. The number of hydrogen-bond donors (Lipinski definition) is 0. The van der Waals surface area contributed by atoms with Gasteiger partial charge in [-0.1, -0.05) is 5.21 Å². The second-order valence-electron chi connectivity index (χ2n) is 6.82. The van der Waals surface area contributed by atoms with Gasteiger partial charge in [0, 0.05) is 24.7 Å². The van der Waals surface area contributed by atoms with E-state index in [1.54, 1.807) is 24.8 Å². The van der Waals surface area contributed by atoms with Crippen molar-refractivity contribution in [2.24, 2.45) is 0 Å². The molecule has 0 aliphatic carbocycles. The van der Waals surface area contributed by atoms with Gasteiger partial charge in [-0.3, -0.25) is 9.58 Å². The minimum absolute atomic E-state index is 0.242. The van der Waals surface area contributed by atoms with Crippen molar-refractivity contribution in [3.8, 4) is 11.3 Å². The molecule has 0 bridgehead atoms. The summed E-state index contributed by atoms with van der Waals surface area (Å²) in [6, 6.07) is 7.14. The smallest absolute Gasteiger partial charge is 0.137 e. The monoisotopic (exact) mass is 355 g/mol. The van der Waals surface area contributed by atoms with E-state index in [1.165, 1.54) is 12.1 Å². The number of nitrogens with zero attached hydrogens (tertiary/aromatic N) is 7. The van der Waals surface area contributed by atoms with Gasteiger partial charge in [0.1, 0.15) is 24.2 Å². The van der Waals surface area contributed by atoms with Gasteiger partial charge in [-0.15, -0.1) is 5.10 Å². The lowest BCUT2D eigenvalue weighted by molar-refractivity contribution is 0.125. The molecule has 0 saturated carbocycles. The summed E-state index contributed by atoms with van der Waals surface area (Å²) in [7, 11) is 0. The molecule has 1 saturated heterocycles. The Hall–Kier alpha value is -2.61. The van der Waals surface area contributed by atoms with Crippen LogP contribution in [0, 0.1) is 5.82 Å². The SMILES string of the molecule is C[C@@H](Cn1cncn1)N1CCC(n2cc(-c3ccc(F)cc3)nn2)CC1. The van der Waals surface area contributed by atoms with E-state index in [2.05, 4.69) is 32.2 Å². The van der Waals surface area contributed by atoms with Crippen LogP contribution in [0.1, 0.15) is 25.8 Å². The summed E-state index contributed by atoms with van der Waals surface area (Å²) in [4.78, 5) is 6.48. The summed E-state index contributed by atoms with van der Waals surface area (Å²) < 4.78 is 16.9. The summed E-state index contributed by atoms with van der Waals surface area (Å²) in [6.45, 7) is 5.12. The van der Waals surface area contributed by atoms with Gasteiger partial charge in [-0.05, 0) is 44.0 Å². The van der Waals surface area contributed by atoms with Crippen molar-refractivity contribution in [3.63, 3.8) is 0 Å². The van der Waals surface area contributed by atoms with E-state index in [0.29, 0.717) is 12.1 Å². The largest absolute Gasteiger partial charge is 0.299 e.